The molecule has 0 saturated carbocycles. The minimum Gasteiger partial charge on any atom is -0.480 e. The minimum absolute atomic E-state index is 0.0491. The Balaban J connectivity index is 2.86. The highest BCUT2D eigenvalue weighted by Gasteiger charge is 2.20. The quantitative estimate of drug-likeness (QED) is 0.745. The van der Waals surface area contributed by atoms with E-state index in [0.29, 0.717) is 19.4 Å². The van der Waals surface area contributed by atoms with Gasteiger partial charge in [-0.15, -0.1) is 0 Å². The Hall–Kier alpha value is -2.18. The van der Waals surface area contributed by atoms with Crippen LogP contribution in [0.2, 0.25) is 0 Å². The molecular formula is C14H21N3O4. The second kappa shape index (κ2) is 8.18. The number of carbonyl (C=O) groups is 2. The number of carbonyl (C=O) groups excluding carboxylic acids is 1. The van der Waals surface area contributed by atoms with E-state index in [-0.39, 0.29) is 11.3 Å². The number of rotatable bonds is 8. The number of amides is 1. The number of nitrogens with one attached hydrogen (secondary N) is 1. The summed E-state index contributed by atoms with van der Waals surface area (Å²) in [5.41, 5.74) is -0.226. The number of carboxylic acid groups (broad SMARTS) is 1. The smallest absolute Gasteiger partial charge is 0.326 e. The average molecular weight is 295 g/mol. The molecule has 0 unspecified atom stereocenters. The number of aliphatic carboxylic acids is 1. The highest BCUT2D eigenvalue weighted by Crippen LogP contribution is 2.00. The van der Waals surface area contributed by atoms with Crippen LogP contribution in [0, 0.1) is 0 Å². The van der Waals surface area contributed by atoms with Crippen molar-refractivity contribution in [2.75, 3.05) is 0 Å². The van der Waals surface area contributed by atoms with Crippen molar-refractivity contribution in [2.24, 2.45) is 0 Å². The summed E-state index contributed by atoms with van der Waals surface area (Å²) in [6.45, 7) is 4.27. The Bertz CT molecular complexity index is 553. The molecule has 7 heteroatoms. The van der Waals surface area contributed by atoms with E-state index in [1.165, 1.54) is 16.8 Å². The zero-order valence-corrected chi connectivity index (χ0v) is 12.3. The van der Waals surface area contributed by atoms with Crippen LogP contribution in [-0.2, 0) is 11.3 Å². The van der Waals surface area contributed by atoms with E-state index in [1.54, 1.807) is 0 Å². The van der Waals surface area contributed by atoms with Crippen molar-refractivity contribution >= 4 is 11.9 Å². The van der Waals surface area contributed by atoms with Crippen molar-refractivity contribution < 1.29 is 14.7 Å². The van der Waals surface area contributed by atoms with Crippen LogP contribution in [0.3, 0.4) is 0 Å². The lowest BCUT2D eigenvalue weighted by Crippen LogP contribution is -2.41. The van der Waals surface area contributed by atoms with Gasteiger partial charge in [-0.3, -0.25) is 9.59 Å². The number of carboxylic acids is 1. The second-order valence-electron chi connectivity index (χ2n) is 4.79. The van der Waals surface area contributed by atoms with Crippen LogP contribution in [0.15, 0.2) is 16.9 Å². The molecule has 0 aliphatic carbocycles. The highest BCUT2D eigenvalue weighted by molar-refractivity contribution is 5.94. The van der Waals surface area contributed by atoms with E-state index >= 15 is 0 Å². The maximum Gasteiger partial charge on any atom is 0.326 e. The molecule has 0 radical (unpaired) electrons. The molecule has 21 heavy (non-hydrogen) atoms. The van der Waals surface area contributed by atoms with Crippen LogP contribution in [0.4, 0.5) is 0 Å². The van der Waals surface area contributed by atoms with Gasteiger partial charge in [0.25, 0.3) is 11.5 Å². The van der Waals surface area contributed by atoms with Crippen molar-refractivity contribution in [3.05, 3.63) is 28.2 Å². The summed E-state index contributed by atoms with van der Waals surface area (Å²) in [7, 11) is 0. The fraction of sp³-hybridized carbons (Fsp3) is 0.571. The second-order valence-corrected chi connectivity index (χ2v) is 4.79. The largest absolute Gasteiger partial charge is 0.480 e. The van der Waals surface area contributed by atoms with Gasteiger partial charge in [-0.2, -0.15) is 5.10 Å². The number of aromatic nitrogens is 2. The standard InChI is InChI=1S/C14H21N3O4/c1-3-5-9-17-12(18)8-7-10(16-17)13(19)15-11(6-4-2)14(20)21/h7-8,11H,3-6,9H2,1-2H3,(H,15,19)(H,20,21)/t11-/m0/s1. The zero-order valence-electron chi connectivity index (χ0n) is 12.3. The maximum absolute atomic E-state index is 12.0. The minimum atomic E-state index is -1.08. The molecule has 1 amide bonds. The van der Waals surface area contributed by atoms with Crippen molar-refractivity contribution in [3.63, 3.8) is 0 Å². The van der Waals surface area contributed by atoms with Crippen molar-refractivity contribution in [1.82, 2.24) is 15.1 Å². The molecule has 1 aromatic heterocycles. The number of hydrogen-bond donors (Lipinski definition) is 2. The average Bonchev–Trinajstić information content (AvgIpc) is 2.45. The molecule has 0 saturated heterocycles. The number of unbranched alkanes of at least 4 members (excludes halogenated alkanes) is 1. The van der Waals surface area contributed by atoms with Crippen LogP contribution in [-0.4, -0.2) is 32.8 Å². The molecule has 2 N–H and O–H groups in total. The number of nitrogens with zero attached hydrogens (tertiary/aromatic N) is 2. The van der Waals surface area contributed by atoms with Crippen LogP contribution in [0.5, 0.6) is 0 Å². The van der Waals surface area contributed by atoms with E-state index in [0.717, 1.165) is 12.8 Å². The molecule has 0 bridgehead atoms. The number of hydrogen-bond acceptors (Lipinski definition) is 4. The molecule has 1 atom stereocenters. The summed E-state index contributed by atoms with van der Waals surface area (Å²) in [5, 5.41) is 15.4. The Morgan fingerprint density at radius 2 is 2.05 bits per heavy atom. The normalized spacial score (nSPS) is 11.9. The lowest BCUT2D eigenvalue weighted by atomic mass is 10.1. The Kier molecular flexibility index (Phi) is 6.58. The molecule has 116 valence electrons. The lowest BCUT2D eigenvalue weighted by molar-refractivity contribution is -0.139. The molecule has 0 aromatic carbocycles. The van der Waals surface area contributed by atoms with Crippen molar-refractivity contribution in [3.8, 4) is 0 Å². The molecular weight excluding hydrogens is 274 g/mol. The van der Waals surface area contributed by atoms with Gasteiger partial charge in [-0.1, -0.05) is 26.7 Å². The van der Waals surface area contributed by atoms with Gasteiger partial charge in [0.05, 0.1) is 0 Å². The van der Waals surface area contributed by atoms with E-state index in [2.05, 4.69) is 10.4 Å². The molecule has 0 aliphatic rings. The summed E-state index contributed by atoms with van der Waals surface area (Å²) in [4.78, 5) is 34.7. The first-order valence-corrected chi connectivity index (χ1v) is 7.11. The van der Waals surface area contributed by atoms with Gasteiger partial charge >= 0.3 is 5.97 Å². The lowest BCUT2D eigenvalue weighted by Gasteiger charge is -2.13. The van der Waals surface area contributed by atoms with Gasteiger partial charge in [-0.25, -0.2) is 9.48 Å². The first-order valence-electron chi connectivity index (χ1n) is 7.11. The molecule has 1 heterocycles. The summed E-state index contributed by atoms with van der Waals surface area (Å²) in [5.74, 6) is -1.66. The van der Waals surface area contributed by atoms with E-state index in [4.69, 9.17) is 5.11 Å². The molecule has 0 spiro atoms. The van der Waals surface area contributed by atoms with Crippen molar-refractivity contribution in [2.45, 2.75) is 52.1 Å². The predicted molar refractivity (Wildman–Crippen MR) is 77.2 cm³/mol. The first kappa shape index (κ1) is 16.9. The third-order valence-electron chi connectivity index (χ3n) is 3.00. The fourth-order valence-corrected chi connectivity index (χ4v) is 1.82. The van der Waals surface area contributed by atoms with Crippen LogP contribution in [0.25, 0.3) is 0 Å². The van der Waals surface area contributed by atoms with E-state index in [9.17, 15) is 14.4 Å². The third kappa shape index (κ3) is 5.02. The summed E-state index contributed by atoms with van der Waals surface area (Å²) < 4.78 is 1.23. The van der Waals surface area contributed by atoms with Crippen LogP contribution in [0.1, 0.15) is 50.0 Å². The summed E-state index contributed by atoms with van der Waals surface area (Å²) in [6.07, 6.45) is 2.67. The summed E-state index contributed by atoms with van der Waals surface area (Å²) in [6, 6.07) is 1.64. The molecule has 0 aliphatic heterocycles. The molecule has 7 nitrogen and oxygen atoms in total. The van der Waals surface area contributed by atoms with Gasteiger partial charge < -0.3 is 10.4 Å². The molecule has 0 fully saturated rings. The summed E-state index contributed by atoms with van der Waals surface area (Å²) >= 11 is 0. The van der Waals surface area contributed by atoms with Gasteiger partial charge in [-0.05, 0) is 18.9 Å². The first-order chi connectivity index (χ1) is 9.99. The molecule has 1 aromatic rings. The SMILES string of the molecule is CCCCn1nc(C(=O)N[C@@H](CCC)C(=O)O)ccc1=O. The monoisotopic (exact) mass is 295 g/mol. The fourth-order valence-electron chi connectivity index (χ4n) is 1.82. The Labute approximate surface area is 123 Å². The van der Waals surface area contributed by atoms with Crippen molar-refractivity contribution in [1.29, 1.82) is 0 Å². The van der Waals surface area contributed by atoms with Gasteiger partial charge in [0.2, 0.25) is 0 Å². The van der Waals surface area contributed by atoms with Gasteiger partial charge in [0, 0.05) is 12.6 Å². The third-order valence-corrected chi connectivity index (χ3v) is 3.00. The number of aryl methyl sites for hydroxylation is 1. The van der Waals surface area contributed by atoms with Gasteiger partial charge in [0.15, 0.2) is 0 Å². The van der Waals surface area contributed by atoms with E-state index in [1.807, 2.05) is 13.8 Å². The van der Waals surface area contributed by atoms with E-state index < -0.39 is 17.9 Å². The molecule has 1 rings (SSSR count). The van der Waals surface area contributed by atoms with Crippen LogP contribution < -0.4 is 10.9 Å². The van der Waals surface area contributed by atoms with Crippen LogP contribution >= 0.6 is 0 Å². The van der Waals surface area contributed by atoms with Gasteiger partial charge in [0.1, 0.15) is 11.7 Å². The Morgan fingerprint density at radius 1 is 1.33 bits per heavy atom. The maximum atomic E-state index is 12.0. The predicted octanol–water partition coefficient (Wildman–Crippen LogP) is 1.03. The zero-order chi connectivity index (χ0) is 15.8. The highest BCUT2D eigenvalue weighted by atomic mass is 16.4. The topological polar surface area (TPSA) is 101 Å². The Morgan fingerprint density at radius 3 is 2.62 bits per heavy atom.